The Morgan fingerprint density at radius 3 is 2.21 bits per heavy atom. The van der Waals surface area contributed by atoms with Gasteiger partial charge in [-0.05, 0) is 49.3 Å². The fraction of sp³-hybridized carbons (Fsp3) is 0.600. The first-order chi connectivity index (χ1) is 8.97. The molecule has 1 saturated carbocycles. The summed E-state index contributed by atoms with van der Waals surface area (Å²) in [5.74, 6) is 0.745. The third-order valence-electron chi connectivity index (χ3n) is 3.90. The smallest absolute Gasteiger partial charge is 0.166 e. The molecular formula is C15H18BrF3. The molecule has 0 amide bonds. The molecule has 0 bridgehead atoms. The van der Waals surface area contributed by atoms with Crippen LogP contribution in [0.15, 0.2) is 24.3 Å². The van der Waals surface area contributed by atoms with Crippen LogP contribution >= 0.6 is 15.9 Å². The Balaban J connectivity index is 1.86. The van der Waals surface area contributed by atoms with E-state index in [0.717, 1.165) is 24.3 Å². The van der Waals surface area contributed by atoms with Gasteiger partial charge in [-0.15, -0.1) is 0 Å². The summed E-state index contributed by atoms with van der Waals surface area (Å²) in [6, 6.07) is 5.54. The van der Waals surface area contributed by atoms with Crippen molar-refractivity contribution < 1.29 is 13.2 Å². The van der Waals surface area contributed by atoms with Crippen LogP contribution in [-0.2, 0) is 12.6 Å². The van der Waals surface area contributed by atoms with Gasteiger partial charge in [0.1, 0.15) is 0 Å². The fourth-order valence-corrected chi connectivity index (χ4v) is 3.48. The van der Waals surface area contributed by atoms with Crippen molar-refractivity contribution in [2.24, 2.45) is 5.92 Å². The maximum Gasteiger partial charge on any atom is 0.416 e. The van der Waals surface area contributed by atoms with Gasteiger partial charge in [0.25, 0.3) is 0 Å². The van der Waals surface area contributed by atoms with E-state index in [1.54, 1.807) is 12.1 Å². The number of hydrogen-bond donors (Lipinski definition) is 0. The first-order valence-corrected chi connectivity index (χ1v) is 7.68. The first-order valence-electron chi connectivity index (χ1n) is 6.77. The Hall–Kier alpha value is -0.510. The number of rotatable bonds is 4. The van der Waals surface area contributed by atoms with Crippen LogP contribution in [0, 0.1) is 5.92 Å². The SMILES string of the molecule is FC(F)(F)c1ccc(CCC(Br)C2CCCC2)cc1. The van der Waals surface area contributed by atoms with Crippen LogP contribution in [0.25, 0.3) is 0 Å². The zero-order valence-electron chi connectivity index (χ0n) is 10.7. The second-order valence-corrected chi connectivity index (χ2v) is 6.47. The van der Waals surface area contributed by atoms with E-state index in [9.17, 15) is 13.2 Å². The molecule has 1 atom stereocenters. The molecule has 1 aliphatic rings. The van der Waals surface area contributed by atoms with Crippen molar-refractivity contribution in [1.82, 2.24) is 0 Å². The van der Waals surface area contributed by atoms with Crippen LogP contribution in [0.1, 0.15) is 43.2 Å². The predicted molar refractivity (Wildman–Crippen MR) is 74.4 cm³/mol. The number of benzene rings is 1. The van der Waals surface area contributed by atoms with Gasteiger partial charge in [0, 0.05) is 4.83 Å². The molecule has 0 nitrogen and oxygen atoms in total. The van der Waals surface area contributed by atoms with Crippen molar-refractivity contribution >= 4 is 15.9 Å². The molecule has 106 valence electrons. The minimum absolute atomic E-state index is 0.497. The second-order valence-electron chi connectivity index (χ2n) is 5.29. The highest BCUT2D eigenvalue weighted by atomic mass is 79.9. The van der Waals surface area contributed by atoms with E-state index in [1.807, 2.05) is 0 Å². The van der Waals surface area contributed by atoms with E-state index >= 15 is 0 Å². The Morgan fingerprint density at radius 2 is 1.68 bits per heavy atom. The van der Waals surface area contributed by atoms with E-state index in [4.69, 9.17) is 0 Å². The minimum Gasteiger partial charge on any atom is -0.166 e. The third-order valence-corrected chi connectivity index (χ3v) is 5.11. The van der Waals surface area contributed by atoms with Gasteiger partial charge < -0.3 is 0 Å². The standard InChI is InChI=1S/C15H18BrF3/c16-14(12-3-1-2-4-12)10-7-11-5-8-13(9-6-11)15(17,18)19/h5-6,8-9,12,14H,1-4,7,10H2. The lowest BCUT2D eigenvalue weighted by molar-refractivity contribution is -0.137. The molecule has 2 rings (SSSR count). The lowest BCUT2D eigenvalue weighted by Crippen LogP contribution is -2.11. The zero-order chi connectivity index (χ0) is 13.9. The quantitative estimate of drug-likeness (QED) is 0.629. The van der Waals surface area contributed by atoms with Gasteiger partial charge in [-0.3, -0.25) is 0 Å². The number of halogens is 4. The molecule has 4 heteroatoms. The van der Waals surface area contributed by atoms with Crippen molar-refractivity contribution in [1.29, 1.82) is 0 Å². The maximum absolute atomic E-state index is 12.4. The highest BCUT2D eigenvalue weighted by Crippen LogP contribution is 2.34. The van der Waals surface area contributed by atoms with Gasteiger partial charge in [-0.25, -0.2) is 0 Å². The van der Waals surface area contributed by atoms with Crippen molar-refractivity contribution in [2.45, 2.75) is 49.5 Å². The van der Waals surface area contributed by atoms with Crippen molar-refractivity contribution in [3.05, 3.63) is 35.4 Å². The topological polar surface area (TPSA) is 0 Å². The summed E-state index contributed by atoms with van der Waals surface area (Å²) in [5.41, 5.74) is 0.415. The maximum atomic E-state index is 12.4. The largest absolute Gasteiger partial charge is 0.416 e. The Morgan fingerprint density at radius 1 is 1.11 bits per heavy atom. The van der Waals surface area contributed by atoms with Crippen LogP contribution in [-0.4, -0.2) is 4.83 Å². The molecule has 1 fully saturated rings. The van der Waals surface area contributed by atoms with Crippen molar-refractivity contribution in [2.75, 3.05) is 0 Å². The number of alkyl halides is 4. The number of hydrogen-bond acceptors (Lipinski definition) is 0. The normalized spacial score (nSPS) is 18.7. The molecule has 0 N–H and O–H groups in total. The van der Waals surface area contributed by atoms with E-state index in [2.05, 4.69) is 15.9 Å². The van der Waals surface area contributed by atoms with Gasteiger partial charge in [0.2, 0.25) is 0 Å². The highest BCUT2D eigenvalue weighted by molar-refractivity contribution is 9.09. The van der Waals surface area contributed by atoms with Gasteiger partial charge in [-0.2, -0.15) is 13.2 Å². The summed E-state index contributed by atoms with van der Waals surface area (Å²) in [6.45, 7) is 0. The average molecular weight is 335 g/mol. The molecule has 1 aromatic carbocycles. The summed E-state index contributed by atoms with van der Waals surface area (Å²) in [4.78, 5) is 0.497. The molecule has 0 saturated heterocycles. The summed E-state index contributed by atoms with van der Waals surface area (Å²) >= 11 is 3.73. The molecule has 0 aromatic heterocycles. The van der Waals surface area contributed by atoms with Gasteiger partial charge in [0.05, 0.1) is 5.56 Å². The molecular weight excluding hydrogens is 317 g/mol. The van der Waals surface area contributed by atoms with Crippen molar-refractivity contribution in [3.63, 3.8) is 0 Å². The summed E-state index contributed by atoms with van der Waals surface area (Å²) in [7, 11) is 0. The van der Waals surface area contributed by atoms with Gasteiger partial charge in [0.15, 0.2) is 0 Å². The number of aryl methyl sites for hydroxylation is 1. The van der Waals surface area contributed by atoms with Gasteiger partial charge >= 0.3 is 6.18 Å². The van der Waals surface area contributed by atoms with E-state index in [1.165, 1.54) is 37.8 Å². The van der Waals surface area contributed by atoms with Crippen LogP contribution in [0.4, 0.5) is 13.2 Å². The van der Waals surface area contributed by atoms with Crippen LogP contribution < -0.4 is 0 Å². The van der Waals surface area contributed by atoms with E-state index < -0.39 is 11.7 Å². The van der Waals surface area contributed by atoms with E-state index in [0.29, 0.717) is 4.83 Å². The van der Waals surface area contributed by atoms with Crippen molar-refractivity contribution in [3.8, 4) is 0 Å². The molecule has 0 radical (unpaired) electrons. The molecule has 1 unspecified atom stereocenters. The summed E-state index contributed by atoms with van der Waals surface area (Å²) in [6.07, 6.45) is 2.78. The molecule has 0 aliphatic heterocycles. The molecule has 0 heterocycles. The van der Waals surface area contributed by atoms with E-state index in [-0.39, 0.29) is 0 Å². The first kappa shape index (κ1) is 14.9. The zero-order valence-corrected chi connectivity index (χ0v) is 12.3. The third kappa shape index (κ3) is 4.23. The Bertz CT molecular complexity index is 391. The molecule has 1 aromatic rings. The van der Waals surface area contributed by atoms with Crippen LogP contribution in [0.5, 0.6) is 0 Å². The lowest BCUT2D eigenvalue weighted by Gasteiger charge is -2.17. The summed E-state index contributed by atoms with van der Waals surface area (Å²) < 4.78 is 37.3. The molecule has 1 aliphatic carbocycles. The highest BCUT2D eigenvalue weighted by Gasteiger charge is 2.30. The molecule has 0 spiro atoms. The van der Waals surface area contributed by atoms with Crippen LogP contribution in [0.2, 0.25) is 0 Å². The average Bonchev–Trinajstić information content (AvgIpc) is 2.89. The minimum atomic E-state index is -4.24. The molecule has 19 heavy (non-hydrogen) atoms. The Kier molecular flexibility index (Phi) is 4.93. The lowest BCUT2D eigenvalue weighted by atomic mass is 9.98. The van der Waals surface area contributed by atoms with Crippen LogP contribution in [0.3, 0.4) is 0 Å². The fourth-order valence-electron chi connectivity index (χ4n) is 2.72. The second kappa shape index (κ2) is 6.29. The summed E-state index contributed by atoms with van der Waals surface area (Å²) in [5, 5.41) is 0. The monoisotopic (exact) mass is 334 g/mol. The Labute approximate surface area is 120 Å². The van der Waals surface area contributed by atoms with Gasteiger partial charge in [-0.1, -0.05) is 40.9 Å². The predicted octanol–water partition coefficient (Wildman–Crippen LogP) is 5.59.